The Bertz CT molecular complexity index is 643. The molecular formula is C15H18N2O5. The molecule has 1 aliphatic heterocycles. The van der Waals surface area contributed by atoms with Crippen molar-refractivity contribution in [2.45, 2.75) is 25.8 Å². The molecule has 7 nitrogen and oxygen atoms in total. The van der Waals surface area contributed by atoms with Crippen molar-refractivity contribution < 1.29 is 24.2 Å². The minimum Gasteiger partial charge on any atom is -0.496 e. The predicted octanol–water partition coefficient (Wildman–Crippen LogP) is 1.25. The van der Waals surface area contributed by atoms with Crippen molar-refractivity contribution in [1.82, 2.24) is 10.2 Å². The van der Waals surface area contributed by atoms with E-state index in [1.807, 2.05) is 6.92 Å². The molecule has 1 aromatic carbocycles. The molecule has 1 fully saturated rings. The average molecular weight is 306 g/mol. The molecule has 0 unspecified atom stereocenters. The summed E-state index contributed by atoms with van der Waals surface area (Å²) in [6.07, 6.45) is 0.319. The van der Waals surface area contributed by atoms with Crippen molar-refractivity contribution in [3.05, 3.63) is 29.3 Å². The first-order chi connectivity index (χ1) is 10.4. The van der Waals surface area contributed by atoms with Gasteiger partial charge in [-0.25, -0.2) is 4.79 Å². The topological polar surface area (TPSA) is 95.9 Å². The first kappa shape index (κ1) is 15.8. The van der Waals surface area contributed by atoms with Crippen LogP contribution in [0.5, 0.6) is 5.75 Å². The first-order valence-corrected chi connectivity index (χ1v) is 6.86. The Morgan fingerprint density at radius 1 is 1.41 bits per heavy atom. The van der Waals surface area contributed by atoms with Gasteiger partial charge >= 0.3 is 12.0 Å². The minimum atomic E-state index is -1.23. The lowest BCUT2D eigenvalue weighted by Gasteiger charge is -2.26. The van der Waals surface area contributed by atoms with Crippen LogP contribution in [0.4, 0.5) is 4.79 Å². The highest BCUT2D eigenvalue weighted by Crippen LogP contribution is 2.34. The zero-order valence-electron chi connectivity index (χ0n) is 12.7. The van der Waals surface area contributed by atoms with E-state index in [-0.39, 0.29) is 0 Å². The summed E-state index contributed by atoms with van der Waals surface area (Å²) in [7, 11) is 1.55. The van der Waals surface area contributed by atoms with Gasteiger partial charge in [0.05, 0.1) is 7.11 Å². The number of carbonyl (C=O) groups excluding carboxylic acids is 2. The normalized spacial score (nSPS) is 21.0. The van der Waals surface area contributed by atoms with E-state index in [9.17, 15) is 14.4 Å². The second-order valence-electron chi connectivity index (χ2n) is 5.16. The van der Waals surface area contributed by atoms with Crippen molar-refractivity contribution in [2.75, 3.05) is 13.7 Å². The number of benzene rings is 1. The molecule has 1 saturated heterocycles. The van der Waals surface area contributed by atoms with Gasteiger partial charge in [-0.3, -0.25) is 14.5 Å². The summed E-state index contributed by atoms with van der Waals surface area (Å²) in [6, 6.07) is 4.51. The van der Waals surface area contributed by atoms with Crippen LogP contribution in [0.2, 0.25) is 0 Å². The molecule has 3 amide bonds. The highest BCUT2D eigenvalue weighted by Gasteiger charge is 2.51. The average Bonchev–Trinajstić information content (AvgIpc) is 2.72. The van der Waals surface area contributed by atoms with Gasteiger partial charge in [0.25, 0.3) is 5.91 Å². The van der Waals surface area contributed by atoms with E-state index >= 15 is 0 Å². The van der Waals surface area contributed by atoms with E-state index < -0.39 is 30.0 Å². The lowest BCUT2D eigenvalue weighted by molar-refractivity contribution is -0.143. The summed E-state index contributed by atoms with van der Waals surface area (Å²) in [5, 5.41) is 11.5. The van der Waals surface area contributed by atoms with Gasteiger partial charge in [-0.2, -0.15) is 0 Å². The number of methoxy groups -OCH3 is 1. The van der Waals surface area contributed by atoms with Gasteiger partial charge in [-0.15, -0.1) is 0 Å². The lowest BCUT2D eigenvalue weighted by atomic mass is 9.86. The van der Waals surface area contributed by atoms with Crippen LogP contribution >= 0.6 is 0 Å². The molecule has 2 N–H and O–H groups in total. The summed E-state index contributed by atoms with van der Waals surface area (Å²) >= 11 is 0. The summed E-state index contributed by atoms with van der Waals surface area (Å²) in [5.74, 6) is -1.11. The van der Waals surface area contributed by atoms with E-state index in [0.717, 1.165) is 10.5 Å². The molecule has 7 heteroatoms. The van der Waals surface area contributed by atoms with Crippen LogP contribution in [0.1, 0.15) is 24.5 Å². The fourth-order valence-corrected chi connectivity index (χ4v) is 2.69. The van der Waals surface area contributed by atoms with Gasteiger partial charge in [0, 0.05) is 0 Å². The zero-order chi connectivity index (χ0) is 16.5. The Morgan fingerprint density at radius 2 is 2.09 bits per heavy atom. The molecule has 1 atom stereocenters. The largest absolute Gasteiger partial charge is 0.496 e. The van der Waals surface area contributed by atoms with Gasteiger partial charge in [0.15, 0.2) is 0 Å². The van der Waals surface area contributed by atoms with Crippen LogP contribution in [0, 0.1) is 6.92 Å². The maximum atomic E-state index is 12.6. The monoisotopic (exact) mass is 306 g/mol. The van der Waals surface area contributed by atoms with Crippen LogP contribution in [0.3, 0.4) is 0 Å². The third-order valence-electron chi connectivity index (χ3n) is 3.89. The first-order valence-electron chi connectivity index (χ1n) is 6.86. The number of carboxylic acid groups (broad SMARTS) is 1. The van der Waals surface area contributed by atoms with Crippen molar-refractivity contribution in [3.63, 3.8) is 0 Å². The van der Waals surface area contributed by atoms with Crippen molar-refractivity contribution in [2.24, 2.45) is 0 Å². The van der Waals surface area contributed by atoms with Crippen molar-refractivity contribution >= 4 is 17.9 Å². The number of aliphatic carboxylic acids is 1. The number of carboxylic acids is 1. The molecule has 22 heavy (non-hydrogen) atoms. The Labute approximate surface area is 127 Å². The number of aryl methyl sites for hydroxylation is 1. The number of urea groups is 1. The maximum Gasteiger partial charge on any atom is 0.325 e. The molecule has 2 rings (SSSR count). The number of amides is 3. The predicted molar refractivity (Wildman–Crippen MR) is 77.6 cm³/mol. The molecule has 118 valence electrons. The van der Waals surface area contributed by atoms with Gasteiger partial charge in [-0.1, -0.05) is 13.0 Å². The summed E-state index contributed by atoms with van der Waals surface area (Å²) in [5.41, 5.74) is 0.204. The molecule has 0 spiro atoms. The van der Waals surface area contributed by atoms with Crippen molar-refractivity contribution in [3.8, 4) is 5.75 Å². The van der Waals surface area contributed by atoms with E-state index in [2.05, 4.69) is 5.32 Å². The summed E-state index contributed by atoms with van der Waals surface area (Å²) in [6.45, 7) is 2.95. The number of imide groups is 1. The molecule has 1 aliphatic rings. The Kier molecular flexibility index (Phi) is 4.07. The second kappa shape index (κ2) is 5.67. The number of hydrogen-bond acceptors (Lipinski definition) is 4. The van der Waals surface area contributed by atoms with Crippen LogP contribution in [-0.2, 0) is 15.1 Å². The maximum absolute atomic E-state index is 12.6. The molecule has 0 aromatic heterocycles. The molecule has 0 radical (unpaired) electrons. The van der Waals surface area contributed by atoms with Crippen molar-refractivity contribution in [1.29, 1.82) is 0 Å². The Morgan fingerprint density at radius 3 is 2.59 bits per heavy atom. The van der Waals surface area contributed by atoms with Gasteiger partial charge in [0.1, 0.15) is 17.8 Å². The standard InChI is InChI=1S/C15H18N2O5/c1-4-15(10-5-6-11(22-3)9(2)7-10)13(20)17(8-12(18)19)14(21)16-15/h5-7H,4,8H2,1-3H3,(H,16,21)(H,18,19)/t15-/m1/s1. The van der Waals surface area contributed by atoms with Gasteiger partial charge < -0.3 is 15.2 Å². The minimum absolute atomic E-state index is 0.319. The molecule has 0 aliphatic carbocycles. The number of rotatable bonds is 5. The Balaban J connectivity index is 2.46. The highest BCUT2D eigenvalue weighted by atomic mass is 16.5. The fourth-order valence-electron chi connectivity index (χ4n) is 2.69. The molecule has 0 bridgehead atoms. The lowest BCUT2D eigenvalue weighted by Crippen LogP contribution is -2.44. The summed E-state index contributed by atoms with van der Waals surface area (Å²) < 4.78 is 5.19. The Hall–Kier alpha value is -2.57. The molecule has 1 heterocycles. The molecule has 1 aromatic rings. The van der Waals surface area contributed by atoms with Crippen LogP contribution in [-0.4, -0.2) is 41.6 Å². The van der Waals surface area contributed by atoms with Crippen LogP contribution in [0.15, 0.2) is 18.2 Å². The number of carbonyl (C=O) groups is 3. The number of nitrogens with one attached hydrogen (secondary N) is 1. The fraction of sp³-hybridized carbons (Fsp3) is 0.400. The third-order valence-corrected chi connectivity index (χ3v) is 3.89. The second-order valence-corrected chi connectivity index (χ2v) is 5.16. The summed E-state index contributed by atoms with van der Waals surface area (Å²) in [4.78, 5) is 36.2. The van der Waals surface area contributed by atoms with Crippen LogP contribution in [0.25, 0.3) is 0 Å². The van der Waals surface area contributed by atoms with Crippen LogP contribution < -0.4 is 10.1 Å². The quantitative estimate of drug-likeness (QED) is 0.798. The highest BCUT2D eigenvalue weighted by molar-refractivity contribution is 6.09. The molecule has 0 saturated carbocycles. The van der Waals surface area contributed by atoms with E-state index in [0.29, 0.717) is 17.7 Å². The number of hydrogen-bond donors (Lipinski definition) is 2. The van der Waals surface area contributed by atoms with E-state index in [1.165, 1.54) is 0 Å². The number of ether oxygens (including phenoxy) is 1. The smallest absolute Gasteiger partial charge is 0.325 e. The zero-order valence-corrected chi connectivity index (χ0v) is 12.7. The SMILES string of the molecule is CC[C@]1(c2ccc(OC)c(C)c2)NC(=O)N(CC(=O)O)C1=O. The third kappa shape index (κ3) is 2.38. The number of nitrogens with zero attached hydrogens (tertiary/aromatic N) is 1. The van der Waals surface area contributed by atoms with E-state index in [1.54, 1.807) is 32.2 Å². The van der Waals surface area contributed by atoms with Gasteiger partial charge in [-0.05, 0) is 36.6 Å². The van der Waals surface area contributed by atoms with E-state index in [4.69, 9.17) is 9.84 Å². The van der Waals surface area contributed by atoms with Gasteiger partial charge in [0.2, 0.25) is 0 Å². The molecular weight excluding hydrogens is 288 g/mol.